The Labute approximate surface area is 206 Å². The lowest BCUT2D eigenvalue weighted by Gasteiger charge is -2.31. The van der Waals surface area contributed by atoms with E-state index in [1.165, 1.54) is 22.2 Å². The van der Waals surface area contributed by atoms with E-state index >= 15 is 0 Å². The van der Waals surface area contributed by atoms with Crippen molar-refractivity contribution >= 4 is 38.6 Å². The van der Waals surface area contributed by atoms with Crippen molar-refractivity contribution < 1.29 is 14.3 Å². The summed E-state index contributed by atoms with van der Waals surface area (Å²) in [5.41, 5.74) is 0.972. The zero-order chi connectivity index (χ0) is 24.4. The molecule has 1 aliphatic heterocycles. The number of methoxy groups -OCH3 is 1. The Hall–Kier alpha value is -3.47. The van der Waals surface area contributed by atoms with E-state index in [1.54, 1.807) is 7.11 Å². The number of hydrogen-bond donors (Lipinski definition) is 2. The van der Waals surface area contributed by atoms with Crippen LogP contribution in [0.3, 0.4) is 0 Å². The standard InChI is InChI=1S/C24H28N6O4S/c1-34-18-6-2-4-15(10-18)11-25-19(31)13-30-14-26-21-20(23(30)33)35-24(28-21)29-9-3-5-16(12-29)22(32)27-17-7-8-17/h2,4,6,10,14,16-17H,3,5,7-9,11-13H2,1H3,(H,25,31)(H,27,32). The zero-order valence-electron chi connectivity index (χ0n) is 19.5. The predicted molar refractivity (Wildman–Crippen MR) is 133 cm³/mol. The molecule has 2 aromatic heterocycles. The van der Waals surface area contributed by atoms with Gasteiger partial charge in [0.25, 0.3) is 5.56 Å². The van der Waals surface area contributed by atoms with Gasteiger partial charge in [-0.25, -0.2) is 4.98 Å². The lowest BCUT2D eigenvalue weighted by Crippen LogP contribution is -2.43. The van der Waals surface area contributed by atoms with Crippen LogP contribution < -0.4 is 25.8 Å². The van der Waals surface area contributed by atoms with Gasteiger partial charge in [0.2, 0.25) is 11.8 Å². The minimum atomic E-state index is -0.296. The highest BCUT2D eigenvalue weighted by Crippen LogP contribution is 2.30. The molecular formula is C24H28N6O4S. The molecule has 2 fully saturated rings. The third-order valence-electron chi connectivity index (χ3n) is 6.30. The summed E-state index contributed by atoms with van der Waals surface area (Å²) < 4.78 is 6.91. The number of carbonyl (C=O) groups excluding carboxylic acids is 2. The van der Waals surface area contributed by atoms with Crippen LogP contribution in [0.2, 0.25) is 0 Å². The van der Waals surface area contributed by atoms with Gasteiger partial charge in [0.05, 0.1) is 13.0 Å². The minimum absolute atomic E-state index is 0.0748. The molecule has 1 unspecified atom stereocenters. The number of benzene rings is 1. The molecule has 2 amide bonds. The normalized spacial score (nSPS) is 17.9. The quantitative estimate of drug-likeness (QED) is 0.487. The number of carbonyl (C=O) groups is 2. The summed E-state index contributed by atoms with van der Waals surface area (Å²) in [6, 6.07) is 7.77. The highest BCUT2D eigenvalue weighted by molar-refractivity contribution is 7.22. The number of amides is 2. The van der Waals surface area contributed by atoms with E-state index in [-0.39, 0.29) is 29.8 Å². The van der Waals surface area contributed by atoms with Crippen molar-refractivity contribution in [3.8, 4) is 5.75 Å². The van der Waals surface area contributed by atoms with E-state index in [1.807, 2.05) is 24.3 Å². The van der Waals surface area contributed by atoms with Gasteiger partial charge < -0.3 is 20.3 Å². The third kappa shape index (κ3) is 5.45. The van der Waals surface area contributed by atoms with Crippen LogP contribution in [0.25, 0.3) is 10.3 Å². The van der Waals surface area contributed by atoms with Gasteiger partial charge >= 0.3 is 0 Å². The second-order valence-corrected chi connectivity index (χ2v) is 10.0. The molecule has 1 saturated heterocycles. The van der Waals surface area contributed by atoms with Crippen LogP contribution in [0.4, 0.5) is 5.13 Å². The fraction of sp³-hybridized carbons (Fsp3) is 0.458. The van der Waals surface area contributed by atoms with Crippen molar-refractivity contribution in [1.82, 2.24) is 25.2 Å². The van der Waals surface area contributed by atoms with Crippen molar-refractivity contribution in [3.05, 3.63) is 46.5 Å². The molecule has 2 N–H and O–H groups in total. The van der Waals surface area contributed by atoms with Crippen LogP contribution in [0.5, 0.6) is 5.75 Å². The zero-order valence-corrected chi connectivity index (χ0v) is 20.3. The molecule has 10 nitrogen and oxygen atoms in total. The average molecular weight is 497 g/mol. The van der Waals surface area contributed by atoms with E-state index in [0.29, 0.717) is 40.4 Å². The Morgan fingerprint density at radius 3 is 2.91 bits per heavy atom. The number of ether oxygens (including phenoxy) is 1. The molecule has 5 rings (SSSR count). The maximum absolute atomic E-state index is 13.0. The molecule has 1 aromatic carbocycles. The van der Waals surface area contributed by atoms with Gasteiger partial charge in [-0.15, -0.1) is 0 Å². The first kappa shape index (κ1) is 23.3. The smallest absolute Gasteiger partial charge is 0.273 e. The largest absolute Gasteiger partial charge is 0.497 e. The number of nitrogens with one attached hydrogen (secondary N) is 2. The highest BCUT2D eigenvalue weighted by atomic mass is 32.1. The Bertz CT molecular complexity index is 1300. The first-order chi connectivity index (χ1) is 17.0. The van der Waals surface area contributed by atoms with Gasteiger partial charge in [-0.3, -0.25) is 19.0 Å². The number of nitrogens with zero attached hydrogens (tertiary/aromatic N) is 4. The Balaban J connectivity index is 1.24. The highest BCUT2D eigenvalue weighted by Gasteiger charge is 2.31. The number of rotatable bonds is 8. The van der Waals surface area contributed by atoms with Crippen LogP contribution in [0.15, 0.2) is 35.4 Å². The summed E-state index contributed by atoms with van der Waals surface area (Å²) in [5, 5.41) is 6.60. The summed E-state index contributed by atoms with van der Waals surface area (Å²) >= 11 is 1.27. The predicted octanol–water partition coefficient (Wildman–Crippen LogP) is 1.67. The lowest BCUT2D eigenvalue weighted by molar-refractivity contribution is -0.125. The average Bonchev–Trinajstić information content (AvgIpc) is 3.58. The molecule has 2 aliphatic rings. The van der Waals surface area contributed by atoms with E-state index < -0.39 is 0 Å². The number of aromatic nitrogens is 3. The van der Waals surface area contributed by atoms with Crippen LogP contribution in [-0.2, 0) is 22.7 Å². The summed E-state index contributed by atoms with van der Waals surface area (Å²) in [7, 11) is 1.59. The molecule has 35 heavy (non-hydrogen) atoms. The van der Waals surface area contributed by atoms with Gasteiger partial charge in [-0.05, 0) is 43.4 Å². The summed E-state index contributed by atoms with van der Waals surface area (Å²) in [4.78, 5) is 48.9. The van der Waals surface area contributed by atoms with E-state index in [2.05, 4.69) is 25.5 Å². The van der Waals surface area contributed by atoms with E-state index in [0.717, 1.165) is 37.8 Å². The summed E-state index contributed by atoms with van der Waals surface area (Å²) in [6.07, 6.45) is 5.25. The molecule has 184 valence electrons. The molecule has 3 heterocycles. The van der Waals surface area contributed by atoms with Gasteiger partial charge in [-0.2, -0.15) is 4.98 Å². The second-order valence-electron chi connectivity index (χ2n) is 9.02. The maximum atomic E-state index is 13.0. The van der Waals surface area contributed by atoms with Crippen molar-refractivity contribution in [3.63, 3.8) is 0 Å². The fourth-order valence-corrected chi connectivity index (χ4v) is 5.19. The van der Waals surface area contributed by atoms with E-state index in [4.69, 9.17) is 4.74 Å². The van der Waals surface area contributed by atoms with Crippen LogP contribution in [0.1, 0.15) is 31.2 Å². The van der Waals surface area contributed by atoms with Crippen molar-refractivity contribution in [2.75, 3.05) is 25.1 Å². The molecule has 3 aromatic rings. The lowest BCUT2D eigenvalue weighted by atomic mass is 9.97. The van der Waals surface area contributed by atoms with Gasteiger partial charge in [0, 0.05) is 25.7 Å². The Morgan fingerprint density at radius 1 is 1.26 bits per heavy atom. The fourth-order valence-electron chi connectivity index (χ4n) is 4.19. The third-order valence-corrected chi connectivity index (χ3v) is 7.39. The molecule has 1 atom stereocenters. The van der Waals surface area contributed by atoms with Crippen molar-refractivity contribution in [2.45, 2.75) is 44.8 Å². The summed E-state index contributed by atoms with van der Waals surface area (Å²) in [6.45, 7) is 1.56. The van der Waals surface area contributed by atoms with Crippen LogP contribution >= 0.6 is 11.3 Å². The Kier molecular flexibility index (Phi) is 6.67. The number of piperidine rings is 1. The van der Waals surface area contributed by atoms with Gasteiger partial charge in [-0.1, -0.05) is 23.5 Å². The first-order valence-electron chi connectivity index (χ1n) is 11.8. The SMILES string of the molecule is COc1cccc(CNC(=O)Cn2cnc3nc(N4CCCC(C(=O)NC5CC5)C4)sc3c2=O)c1. The van der Waals surface area contributed by atoms with E-state index in [9.17, 15) is 14.4 Å². The van der Waals surface area contributed by atoms with Crippen molar-refractivity contribution in [1.29, 1.82) is 0 Å². The molecule has 0 spiro atoms. The monoisotopic (exact) mass is 496 g/mol. The van der Waals surface area contributed by atoms with Gasteiger partial charge in [0.1, 0.15) is 23.3 Å². The molecule has 1 aliphatic carbocycles. The molecule has 1 saturated carbocycles. The number of anilines is 1. The molecule has 11 heteroatoms. The topological polar surface area (TPSA) is 118 Å². The maximum Gasteiger partial charge on any atom is 0.273 e. The summed E-state index contributed by atoms with van der Waals surface area (Å²) in [5.74, 6) is 0.460. The number of thiazole rings is 1. The van der Waals surface area contributed by atoms with Gasteiger partial charge in [0.15, 0.2) is 10.8 Å². The van der Waals surface area contributed by atoms with Crippen LogP contribution in [0, 0.1) is 5.92 Å². The molecule has 0 bridgehead atoms. The molecular weight excluding hydrogens is 468 g/mol. The van der Waals surface area contributed by atoms with Crippen LogP contribution in [-0.4, -0.2) is 52.6 Å². The molecule has 0 radical (unpaired) electrons. The Morgan fingerprint density at radius 2 is 2.11 bits per heavy atom. The second kappa shape index (κ2) is 10.0. The minimum Gasteiger partial charge on any atom is -0.497 e. The van der Waals surface area contributed by atoms with Crippen molar-refractivity contribution in [2.24, 2.45) is 5.92 Å². The number of hydrogen-bond acceptors (Lipinski definition) is 8. The number of fused-ring (bicyclic) bond motifs is 1. The first-order valence-corrected chi connectivity index (χ1v) is 12.6.